The van der Waals surface area contributed by atoms with E-state index < -0.39 is 0 Å². The Labute approximate surface area is 229 Å². The standard InChI is InChI=1S/2C14H10S2.Zn/c2*15-13(11-7-3-1-4-8-11)14(16)12-9-5-2-6-10-12;/h2*1-10H;. The summed E-state index contributed by atoms with van der Waals surface area (Å²) in [7, 11) is 0. The molecule has 158 valence electrons. The summed E-state index contributed by atoms with van der Waals surface area (Å²) in [6.45, 7) is 0. The van der Waals surface area contributed by atoms with Gasteiger partial charge in [0.25, 0.3) is 0 Å². The summed E-state index contributed by atoms with van der Waals surface area (Å²) in [6.07, 6.45) is 0. The van der Waals surface area contributed by atoms with Crippen molar-refractivity contribution in [3.63, 3.8) is 0 Å². The Morgan fingerprint density at radius 1 is 0.303 bits per heavy atom. The number of thiocarbonyl (C=S) groups is 4. The molecule has 0 N–H and O–H groups in total. The Bertz CT molecular complexity index is 1010. The summed E-state index contributed by atoms with van der Waals surface area (Å²) in [6, 6.07) is 39.5. The van der Waals surface area contributed by atoms with E-state index >= 15 is 0 Å². The summed E-state index contributed by atoms with van der Waals surface area (Å²) in [5, 5.41) is 0. The molecule has 0 aliphatic carbocycles. The Hall–Kier alpha value is -2.14. The van der Waals surface area contributed by atoms with Crippen molar-refractivity contribution in [3.8, 4) is 0 Å². The second-order valence-corrected chi connectivity index (χ2v) is 8.41. The molecule has 0 atom stereocenters. The molecule has 4 rings (SSSR count). The predicted octanol–water partition coefficient (Wildman–Crippen LogP) is 7.64. The molecule has 0 heterocycles. The van der Waals surface area contributed by atoms with Gasteiger partial charge in [0.05, 0.1) is 19.5 Å². The van der Waals surface area contributed by atoms with Crippen LogP contribution in [0.1, 0.15) is 22.3 Å². The van der Waals surface area contributed by atoms with Crippen molar-refractivity contribution in [3.05, 3.63) is 144 Å². The number of benzene rings is 4. The first-order valence-electron chi connectivity index (χ1n) is 9.96. The molecule has 0 aliphatic heterocycles. The summed E-state index contributed by atoms with van der Waals surface area (Å²) in [5.74, 6) is 0. The van der Waals surface area contributed by atoms with Crippen molar-refractivity contribution < 1.29 is 19.5 Å². The van der Waals surface area contributed by atoms with Crippen molar-refractivity contribution in [2.75, 3.05) is 0 Å². The average molecular weight is 550 g/mol. The Morgan fingerprint density at radius 3 is 0.606 bits per heavy atom. The van der Waals surface area contributed by atoms with Crippen molar-refractivity contribution in [2.45, 2.75) is 0 Å². The average Bonchev–Trinajstić information content (AvgIpc) is 2.89. The summed E-state index contributed by atoms with van der Waals surface area (Å²) in [4.78, 5) is 2.95. The predicted molar refractivity (Wildman–Crippen MR) is 153 cm³/mol. The van der Waals surface area contributed by atoms with Gasteiger partial charge in [0.2, 0.25) is 0 Å². The number of rotatable bonds is 6. The van der Waals surface area contributed by atoms with Gasteiger partial charge in [-0.2, -0.15) is 0 Å². The SMILES string of the molecule is S=C(C(=S)c1ccccc1)c1ccccc1.S=C(C(=S)c1ccccc1)c1ccccc1.[Zn]. The largest absolute Gasteiger partial charge is 0.0778 e. The van der Waals surface area contributed by atoms with Gasteiger partial charge in [-0.15, -0.1) is 0 Å². The molecule has 0 saturated carbocycles. The first kappa shape index (κ1) is 27.1. The van der Waals surface area contributed by atoms with E-state index in [4.69, 9.17) is 48.9 Å². The maximum absolute atomic E-state index is 5.38. The van der Waals surface area contributed by atoms with Crippen molar-refractivity contribution in [1.82, 2.24) is 0 Å². The van der Waals surface area contributed by atoms with Gasteiger partial charge in [-0.1, -0.05) is 170 Å². The minimum atomic E-state index is 0. The molecule has 5 heteroatoms. The monoisotopic (exact) mass is 548 g/mol. The van der Waals surface area contributed by atoms with Crippen LogP contribution in [-0.4, -0.2) is 19.5 Å². The van der Waals surface area contributed by atoms with Gasteiger partial charge in [-0.3, -0.25) is 0 Å². The molecule has 0 unspecified atom stereocenters. The van der Waals surface area contributed by atoms with Gasteiger partial charge in [-0.25, -0.2) is 0 Å². The first-order valence-corrected chi connectivity index (χ1v) is 11.6. The van der Waals surface area contributed by atoms with Crippen molar-refractivity contribution in [2.24, 2.45) is 0 Å². The first-order chi connectivity index (χ1) is 15.6. The van der Waals surface area contributed by atoms with Gasteiger partial charge in [0.1, 0.15) is 0 Å². The molecule has 0 nitrogen and oxygen atoms in total. The minimum absolute atomic E-state index is 0. The maximum Gasteiger partial charge on any atom is 0.0636 e. The zero-order valence-electron chi connectivity index (χ0n) is 17.9. The van der Waals surface area contributed by atoms with Crippen LogP contribution in [-0.2, 0) is 19.5 Å². The second-order valence-electron chi connectivity index (χ2n) is 6.78. The molecule has 0 fully saturated rings. The van der Waals surface area contributed by atoms with Gasteiger partial charge in [0, 0.05) is 19.5 Å². The van der Waals surface area contributed by atoms with Gasteiger partial charge in [-0.05, 0) is 22.3 Å². The Kier molecular flexibility index (Phi) is 11.7. The molecule has 4 aromatic carbocycles. The van der Waals surface area contributed by atoms with Crippen LogP contribution in [0.2, 0.25) is 0 Å². The van der Waals surface area contributed by atoms with Crippen molar-refractivity contribution >= 4 is 68.3 Å². The quantitative estimate of drug-likeness (QED) is 0.138. The fourth-order valence-corrected chi connectivity index (χ4v) is 3.90. The van der Waals surface area contributed by atoms with Crippen LogP contribution in [0.4, 0.5) is 0 Å². The van der Waals surface area contributed by atoms with E-state index in [-0.39, 0.29) is 19.5 Å². The smallest absolute Gasteiger partial charge is 0.0636 e. The van der Waals surface area contributed by atoms with Crippen molar-refractivity contribution in [1.29, 1.82) is 0 Å². The van der Waals surface area contributed by atoms with Crippen LogP contribution in [0, 0.1) is 0 Å². The van der Waals surface area contributed by atoms with E-state index in [9.17, 15) is 0 Å². The van der Waals surface area contributed by atoms with E-state index in [2.05, 4.69) is 0 Å². The van der Waals surface area contributed by atoms with Crippen LogP contribution in [0.15, 0.2) is 121 Å². The molecule has 0 aliphatic rings. The second kappa shape index (κ2) is 14.2. The third-order valence-electron chi connectivity index (χ3n) is 4.56. The zero-order chi connectivity index (χ0) is 22.8. The summed E-state index contributed by atoms with van der Waals surface area (Å²) < 4.78 is 0. The molecule has 0 radical (unpaired) electrons. The minimum Gasteiger partial charge on any atom is -0.0778 e. The molecule has 33 heavy (non-hydrogen) atoms. The van der Waals surface area contributed by atoms with E-state index in [1.54, 1.807) is 0 Å². The molecule has 0 bridgehead atoms. The molecule has 0 saturated heterocycles. The number of hydrogen-bond acceptors (Lipinski definition) is 4. The molecule has 4 aromatic rings. The normalized spacial score (nSPS) is 9.45. The Balaban J connectivity index is 0.000000227. The van der Waals surface area contributed by atoms with Crippen LogP contribution in [0.5, 0.6) is 0 Å². The van der Waals surface area contributed by atoms with E-state index in [0.29, 0.717) is 0 Å². The van der Waals surface area contributed by atoms with E-state index in [1.165, 1.54) is 0 Å². The molecule has 0 aromatic heterocycles. The van der Waals surface area contributed by atoms with Crippen LogP contribution >= 0.6 is 48.9 Å². The number of hydrogen-bond donors (Lipinski definition) is 0. The van der Waals surface area contributed by atoms with Gasteiger partial charge < -0.3 is 0 Å². The molecule has 0 amide bonds. The third kappa shape index (κ3) is 7.99. The molecular weight excluding hydrogens is 530 g/mol. The van der Waals surface area contributed by atoms with Crippen LogP contribution < -0.4 is 0 Å². The summed E-state index contributed by atoms with van der Waals surface area (Å²) in [5.41, 5.74) is 4.02. The zero-order valence-corrected chi connectivity index (χ0v) is 24.1. The molecular formula is C28H20S4Zn. The third-order valence-corrected chi connectivity index (χ3v) is 6.57. The van der Waals surface area contributed by atoms with Crippen LogP contribution in [0.3, 0.4) is 0 Å². The van der Waals surface area contributed by atoms with Crippen LogP contribution in [0.25, 0.3) is 0 Å². The summed E-state index contributed by atoms with van der Waals surface area (Å²) >= 11 is 21.5. The maximum atomic E-state index is 5.38. The molecule has 0 spiro atoms. The van der Waals surface area contributed by atoms with E-state index in [1.807, 2.05) is 121 Å². The Morgan fingerprint density at radius 2 is 0.455 bits per heavy atom. The van der Waals surface area contributed by atoms with Gasteiger partial charge >= 0.3 is 0 Å². The fourth-order valence-electron chi connectivity index (χ4n) is 2.88. The van der Waals surface area contributed by atoms with E-state index in [0.717, 1.165) is 41.7 Å². The topological polar surface area (TPSA) is 0 Å². The van der Waals surface area contributed by atoms with Gasteiger partial charge in [0.15, 0.2) is 0 Å². The fraction of sp³-hybridized carbons (Fsp3) is 0.